The molecule has 7 heteroatoms. The number of alkyl carbamates (subject to hydrolysis) is 1. The summed E-state index contributed by atoms with van der Waals surface area (Å²) in [5.74, 6) is -0.0709. The zero-order valence-corrected chi connectivity index (χ0v) is 17.1. The summed E-state index contributed by atoms with van der Waals surface area (Å²) in [5, 5.41) is 2.33. The molecule has 154 valence electrons. The maximum Gasteiger partial charge on any atom is 0.407 e. The van der Waals surface area contributed by atoms with Crippen LogP contribution in [0.5, 0.6) is 0 Å². The fourth-order valence-electron chi connectivity index (χ4n) is 3.61. The highest BCUT2D eigenvalue weighted by molar-refractivity contribution is 7.52. The van der Waals surface area contributed by atoms with E-state index in [4.69, 9.17) is 9.26 Å². The first-order valence-electron chi connectivity index (χ1n) is 9.63. The molecule has 0 bridgehead atoms. The number of hydrogen-bond donors (Lipinski definition) is 2. The maximum atomic E-state index is 12.1. The van der Waals surface area contributed by atoms with Crippen molar-refractivity contribution in [2.45, 2.75) is 12.5 Å². The van der Waals surface area contributed by atoms with Crippen LogP contribution in [-0.4, -0.2) is 23.9 Å². The highest BCUT2D eigenvalue weighted by Crippen LogP contribution is 2.44. The van der Waals surface area contributed by atoms with Crippen molar-refractivity contribution in [1.82, 2.24) is 5.32 Å². The van der Waals surface area contributed by atoms with Gasteiger partial charge >= 0.3 is 13.7 Å². The molecule has 4 rings (SSSR count). The molecule has 0 fully saturated rings. The Balaban J connectivity index is 1.31. The molecule has 1 unspecified atom stereocenters. The number of carbonyl (C=O) groups is 1. The summed E-state index contributed by atoms with van der Waals surface area (Å²) in [4.78, 5) is 22.1. The molecule has 0 saturated heterocycles. The molecule has 1 amide bonds. The lowest BCUT2D eigenvalue weighted by Crippen LogP contribution is -2.27. The molecule has 3 aromatic rings. The zero-order valence-electron chi connectivity index (χ0n) is 16.2. The van der Waals surface area contributed by atoms with E-state index in [0.717, 1.165) is 27.8 Å². The van der Waals surface area contributed by atoms with Crippen molar-refractivity contribution in [1.29, 1.82) is 0 Å². The lowest BCUT2D eigenvalue weighted by Gasteiger charge is -2.16. The van der Waals surface area contributed by atoms with Gasteiger partial charge in [-0.05, 0) is 27.8 Å². The summed E-state index contributed by atoms with van der Waals surface area (Å²) >= 11 is 0. The van der Waals surface area contributed by atoms with Crippen LogP contribution in [0.4, 0.5) is 4.79 Å². The Bertz CT molecular complexity index is 1040. The van der Waals surface area contributed by atoms with Crippen molar-refractivity contribution in [3.63, 3.8) is 0 Å². The zero-order chi connectivity index (χ0) is 21.0. The first-order valence-corrected chi connectivity index (χ1v) is 11.4. The molecule has 2 N–H and O–H groups in total. The minimum atomic E-state index is -3.98. The Hall–Kier alpha value is -2.92. The molecule has 1 atom stereocenters. The molecule has 1 aliphatic rings. The minimum absolute atomic E-state index is 0.0129. The Morgan fingerprint density at radius 2 is 1.47 bits per heavy atom. The van der Waals surface area contributed by atoms with Gasteiger partial charge in [0.05, 0.1) is 6.61 Å². The van der Waals surface area contributed by atoms with E-state index >= 15 is 0 Å². The van der Waals surface area contributed by atoms with E-state index < -0.39 is 20.0 Å². The molecule has 30 heavy (non-hydrogen) atoms. The van der Waals surface area contributed by atoms with Crippen LogP contribution >= 0.6 is 7.60 Å². The first-order chi connectivity index (χ1) is 14.5. The fourth-order valence-corrected chi connectivity index (χ4v) is 4.38. The van der Waals surface area contributed by atoms with E-state index in [1.54, 1.807) is 12.1 Å². The van der Waals surface area contributed by atoms with E-state index in [2.05, 4.69) is 17.4 Å². The predicted octanol–water partition coefficient (Wildman–Crippen LogP) is 4.88. The van der Waals surface area contributed by atoms with Crippen molar-refractivity contribution >= 4 is 13.7 Å². The van der Waals surface area contributed by atoms with Crippen LogP contribution in [-0.2, 0) is 20.4 Å². The number of carbonyl (C=O) groups excluding carboxylic acids is 1. The van der Waals surface area contributed by atoms with E-state index in [1.807, 2.05) is 54.6 Å². The number of benzene rings is 3. The van der Waals surface area contributed by atoms with Crippen LogP contribution in [0.3, 0.4) is 0 Å². The molecule has 0 aliphatic heterocycles. The SMILES string of the molecule is O=C(NCP(=O)(O)OCc1ccccc1)OCC1c2ccccc2-c2ccccc21. The quantitative estimate of drug-likeness (QED) is 0.529. The van der Waals surface area contributed by atoms with Gasteiger partial charge in [-0.2, -0.15) is 0 Å². The Morgan fingerprint density at radius 1 is 0.900 bits per heavy atom. The molecular weight excluding hydrogens is 401 g/mol. The second kappa shape index (κ2) is 8.84. The molecule has 1 aliphatic carbocycles. The molecule has 6 nitrogen and oxygen atoms in total. The monoisotopic (exact) mass is 423 g/mol. The molecule has 0 spiro atoms. The normalized spacial score (nSPS) is 14.4. The summed E-state index contributed by atoms with van der Waals surface area (Å²) in [6.07, 6.45) is -1.27. The third kappa shape index (κ3) is 4.62. The van der Waals surface area contributed by atoms with Crippen LogP contribution in [0.15, 0.2) is 78.9 Å². The smallest absolute Gasteiger partial charge is 0.407 e. The second-order valence-electron chi connectivity index (χ2n) is 7.06. The number of amides is 1. The Morgan fingerprint density at radius 3 is 2.10 bits per heavy atom. The number of rotatable bonds is 7. The topological polar surface area (TPSA) is 84.9 Å². The van der Waals surface area contributed by atoms with Crippen LogP contribution in [0.25, 0.3) is 11.1 Å². The van der Waals surface area contributed by atoms with Gasteiger partial charge in [-0.15, -0.1) is 0 Å². The summed E-state index contributed by atoms with van der Waals surface area (Å²) in [5.41, 5.74) is 5.25. The maximum absolute atomic E-state index is 12.1. The van der Waals surface area contributed by atoms with Crippen LogP contribution in [0, 0.1) is 0 Å². The van der Waals surface area contributed by atoms with Gasteiger partial charge in [0.25, 0.3) is 0 Å². The van der Waals surface area contributed by atoms with Gasteiger partial charge < -0.3 is 19.5 Å². The minimum Gasteiger partial charge on any atom is -0.449 e. The summed E-state index contributed by atoms with van der Waals surface area (Å²) in [7, 11) is -3.98. The number of fused-ring (bicyclic) bond motifs is 3. The van der Waals surface area contributed by atoms with Gasteiger partial charge in [0, 0.05) is 5.92 Å². The van der Waals surface area contributed by atoms with Gasteiger partial charge in [0.2, 0.25) is 0 Å². The van der Waals surface area contributed by atoms with Crippen LogP contribution < -0.4 is 5.32 Å². The van der Waals surface area contributed by atoms with Crippen molar-refractivity contribution in [3.05, 3.63) is 95.6 Å². The molecule has 0 radical (unpaired) electrons. The summed E-state index contributed by atoms with van der Waals surface area (Å²) in [6, 6.07) is 25.1. The predicted molar refractivity (Wildman–Crippen MR) is 114 cm³/mol. The highest BCUT2D eigenvalue weighted by Gasteiger charge is 2.29. The number of ether oxygens (including phenoxy) is 1. The average molecular weight is 423 g/mol. The van der Waals surface area contributed by atoms with Crippen molar-refractivity contribution < 1.29 is 23.5 Å². The van der Waals surface area contributed by atoms with E-state index in [1.165, 1.54) is 0 Å². The molecule has 0 heterocycles. The highest BCUT2D eigenvalue weighted by atomic mass is 31.2. The average Bonchev–Trinajstić information content (AvgIpc) is 3.10. The van der Waals surface area contributed by atoms with Gasteiger partial charge in [0.1, 0.15) is 12.9 Å². The van der Waals surface area contributed by atoms with Crippen molar-refractivity contribution in [3.8, 4) is 11.1 Å². The Kier molecular flexibility index (Phi) is 6.00. The van der Waals surface area contributed by atoms with Crippen LogP contribution in [0.1, 0.15) is 22.6 Å². The van der Waals surface area contributed by atoms with E-state index in [0.29, 0.717) is 0 Å². The standard InChI is InChI=1S/C23H22NO5P/c25-23(24-16-30(26,27)29-14-17-8-2-1-3-9-17)28-15-22-20-12-6-4-10-18(20)19-11-5-7-13-21(19)22/h1-13,22H,14-16H2,(H,24,25)(H,26,27). The van der Waals surface area contributed by atoms with Crippen LogP contribution in [0.2, 0.25) is 0 Å². The van der Waals surface area contributed by atoms with Crippen molar-refractivity contribution in [2.75, 3.05) is 12.9 Å². The fraction of sp³-hybridized carbons (Fsp3) is 0.174. The second-order valence-corrected chi connectivity index (χ2v) is 8.91. The molecule has 3 aromatic carbocycles. The van der Waals surface area contributed by atoms with E-state index in [9.17, 15) is 14.3 Å². The third-order valence-corrected chi connectivity index (χ3v) is 6.13. The molecule has 0 aromatic heterocycles. The van der Waals surface area contributed by atoms with Gasteiger partial charge in [0.15, 0.2) is 0 Å². The number of hydrogen-bond acceptors (Lipinski definition) is 4. The first kappa shape index (κ1) is 20.4. The largest absolute Gasteiger partial charge is 0.449 e. The van der Waals surface area contributed by atoms with E-state index in [-0.39, 0.29) is 19.1 Å². The lowest BCUT2D eigenvalue weighted by molar-refractivity contribution is 0.143. The van der Waals surface area contributed by atoms with Gasteiger partial charge in [-0.1, -0.05) is 78.9 Å². The van der Waals surface area contributed by atoms with Gasteiger partial charge in [-0.25, -0.2) is 4.79 Å². The van der Waals surface area contributed by atoms with Gasteiger partial charge in [-0.3, -0.25) is 4.57 Å². The summed E-state index contributed by atoms with van der Waals surface area (Å²) < 4.78 is 22.6. The van der Waals surface area contributed by atoms with Crippen molar-refractivity contribution in [2.24, 2.45) is 0 Å². The number of nitrogens with one attached hydrogen (secondary N) is 1. The molecule has 0 saturated carbocycles. The Labute approximate surface area is 175 Å². The lowest BCUT2D eigenvalue weighted by atomic mass is 9.98. The molecular formula is C23H22NO5P. The summed E-state index contributed by atoms with van der Waals surface area (Å²) in [6.45, 7) is 0.126. The third-order valence-electron chi connectivity index (χ3n) is 5.04.